The minimum absolute atomic E-state index is 0.116. The lowest BCUT2D eigenvalue weighted by Crippen LogP contribution is -2.41. The molecule has 118 valence electrons. The Morgan fingerprint density at radius 3 is 1.73 bits per heavy atom. The smallest absolute Gasteiger partial charge is 0.376 e. The molecule has 2 N–H and O–H groups in total. The first-order valence-electron chi connectivity index (χ1n) is 6.75. The maximum atomic E-state index is 12.5. The van der Waals surface area contributed by atoms with E-state index in [2.05, 4.69) is 0 Å². The molecule has 1 unspecified atom stereocenters. The summed E-state index contributed by atoms with van der Waals surface area (Å²) in [6, 6.07) is 16.7. The number of nitrogens with one attached hydrogen (secondary N) is 1. The van der Waals surface area contributed by atoms with Crippen LogP contribution in [0.2, 0.25) is 0 Å². The Morgan fingerprint density at radius 1 is 0.955 bits per heavy atom. The molecular weight excluding hydrogens is 291 g/mol. The van der Waals surface area contributed by atoms with E-state index in [9.17, 15) is 18.3 Å². The Hall–Kier alpha value is -2.14. The van der Waals surface area contributed by atoms with Gasteiger partial charge in [0, 0.05) is 6.21 Å². The van der Waals surface area contributed by atoms with Gasteiger partial charge in [-0.1, -0.05) is 67.6 Å². The molecular formula is C17H18F3NO. The van der Waals surface area contributed by atoms with E-state index in [1.807, 2.05) is 30.3 Å². The Bertz CT molecular complexity index is 569. The highest BCUT2D eigenvalue weighted by Gasteiger charge is 2.53. The van der Waals surface area contributed by atoms with Crippen LogP contribution in [0, 0.1) is 5.41 Å². The Labute approximate surface area is 127 Å². The minimum Gasteiger partial charge on any atom is -0.376 e. The Morgan fingerprint density at radius 2 is 1.41 bits per heavy atom. The van der Waals surface area contributed by atoms with Crippen molar-refractivity contribution < 1.29 is 18.3 Å². The van der Waals surface area contributed by atoms with Gasteiger partial charge in [0.05, 0.1) is 0 Å². The van der Waals surface area contributed by atoms with Crippen molar-refractivity contribution in [1.82, 2.24) is 0 Å². The largest absolute Gasteiger partial charge is 0.421 e. The lowest BCUT2D eigenvalue weighted by atomic mass is 9.90. The quantitative estimate of drug-likeness (QED) is 0.804. The highest BCUT2D eigenvalue weighted by atomic mass is 19.4. The summed E-state index contributed by atoms with van der Waals surface area (Å²) >= 11 is 0. The van der Waals surface area contributed by atoms with Crippen molar-refractivity contribution in [3.05, 3.63) is 71.8 Å². The summed E-state index contributed by atoms with van der Waals surface area (Å²) < 4.78 is 37.6. The van der Waals surface area contributed by atoms with Gasteiger partial charge in [-0.05, 0) is 17.5 Å². The van der Waals surface area contributed by atoms with Crippen LogP contribution in [-0.4, -0.2) is 17.5 Å². The second kappa shape index (κ2) is 7.75. The fourth-order valence-corrected chi connectivity index (χ4v) is 1.83. The molecule has 1 atom stereocenters. The van der Waals surface area contributed by atoms with Gasteiger partial charge in [-0.15, -0.1) is 0 Å². The summed E-state index contributed by atoms with van der Waals surface area (Å²) in [6.07, 6.45) is -3.69. The predicted octanol–water partition coefficient (Wildman–Crippen LogP) is 4.53. The van der Waals surface area contributed by atoms with Gasteiger partial charge in [0.25, 0.3) is 0 Å². The molecule has 0 spiro atoms. The molecule has 0 saturated carbocycles. The average molecular weight is 309 g/mol. The highest BCUT2D eigenvalue weighted by molar-refractivity contribution is 5.76. The molecule has 2 aromatic carbocycles. The molecule has 0 saturated heterocycles. The molecule has 0 bridgehead atoms. The van der Waals surface area contributed by atoms with Gasteiger partial charge in [-0.25, -0.2) is 0 Å². The van der Waals surface area contributed by atoms with Crippen LogP contribution in [0.1, 0.15) is 24.5 Å². The van der Waals surface area contributed by atoms with Crippen molar-refractivity contribution in [1.29, 1.82) is 5.41 Å². The van der Waals surface area contributed by atoms with Gasteiger partial charge in [0.15, 0.2) is 5.60 Å². The van der Waals surface area contributed by atoms with Gasteiger partial charge in [0.2, 0.25) is 0 Å². The van der Waals surface area contributed by atoms with Crippen LogP contribution in [0.25, 0.3) is 0 Å². The molecule has 0 heterocycles. The average Bonchev–Trinajstić information content (AvgIpc) is 2.55. The van der Waals surface area contributed by atoms with Crippen LogP contribution in [0.4, 0.5) is 13.2 Å². The second-order valence-electron chi connectivity index (χ2n) is 4.63. The minimum atomic E-state index is -4.64. The maximum absolute atomic E-state index is 12.5. The van der Waals surface area contributed by atoms with Crippen molar-refractivity contribution in [3.63, 3.8) is 0 Å². The van der Waals surface area contributed by atoms with Crippen molar-refractivity contribution >= 4 is 6.21 Å². The van der Waals surface area contributed by atoms with Gasteiger partial charge < -0.3 is 10.5 Å². The second-order valence-corrected chi connectivity index (χ2v) is 4.63. The van der Waals surface area contributed by atoms with Crippen LogP contribution >= 0.6 is 0 Å². The highest BCUT2D eigenvalue weighted by Crippen LogP contribution is 2.41. The van der Waals surface area contributed by atoms with Crippen molar-refractivity contribution in [2.75, 3.05) is 0 Å². The van der Waals surface area contributed by atoms with Crippen molar-refractivity contribution in [3.8, 4) is 0 Å². The number of hydrogen-bond donors (Lipinski definition) is 2. The molecule has 0 aliphatic carbocycles. The van der Waals surface area contributed by atoms with E-state index in [1.165, 1.54) is 37.4 Å². The lowest BCUT2D eigenvalue weighted by molar-refractivity contribution is -0.267. The van der Waals surface area contributed by atoms with E-state index in [1.54, 1.807) is 6.07 Å². The van der Waals surface area contributed by atoms with E-state index in [4.69, 9.17) is 5.41 Å². The van der Waals surface area contributed by atoms with E-state index < -0.39 is 11.8 Å². The van der Waals surface area contributed by atoms with Gasteiger partial charge >= 0.3 is 6.18 Å². The third-order valence-electron chi connectivity index (χ3n) is 3.20. The molecule has 0 fully saturated rings. The summed E-state index contributed by atoms with van der Waals surface area (Å²) in [5, 5.41) is 16.3. The summed E-state index contributed by atoms with van der Waals surface area (Å²) in [4.78, 5) is 0. The van der Waals surface area contributed by atoms with Gasteiger partial charge in [-0.2, -0.15) is 13.2 Å². The number of alkyl halides is 3. The number of aliphatic hydroxyl groups is 1. The van der Waals surface area contributed by atoms with E-state index in [0.29, 0.717) is 0 Å². The molecule has 2 rings (SSSR count). The first-order chi connectivity index (χ1) is 10.3. The van der Waals surface area contributed by atoms with E-state index in [0.717, 1.165) is 5.56 Å². The van der Waals surface area contributed by atoms with Crippen LogP contribution in [0.5, 0.6) is 0 Å². The van der Waals surface area contributed by atoms with E-state index >= 15 is 0 Å². The number of benzene rings is 2. The first kappa shape index (κ1) is 17.9. The molecule has 0 aliphatic rings. The molecule has 2 aromatic rings. The zero-order valence-electron chi connectivity index (χ0n) is 12.1. The number of rotatable bonds is 3. The SMILES string of the molecule is CCC(O)(c1ccccc1)C(F)(F)F.N=Cc1ccccc1. The summed E-state index contributed by atoms with van der Waals surface area (Å²) in [6.45, 7) is 1.31. The van der Waals surface area contributed by atoms with E-state index in [-0.39, 0.29) is 12.0 Å². The monoisotopic (exact) mass is 309 g/mol. The van der Waals surface area contributed by atoms with Crippen LogP contribution in [0.3, 0.4) is 0 Å². The first-order valence-corrected chi connectivity index (χ1v) is 6.75. The summed E-state index contributed by atoms with van der Waals surface area (Å²) in [7, 11) is 0. The van der Waals surface area contributed by atoms with Crippen molar-refractivity contribution in [2.24, 2.45) is 0 Å². The fraction of sp³-hybridized carbons (Fsp3) is 0.235. The van der Waals surface area contributed by atoms with Gasteiger partial charge in [-0.3, -0.25) is 0 Å². The number of hydrogen-bond acceptors (Lipinski definition) is 2. The Balaban J connectivity index is 0.000000255. The molecule has 5 heteroatoms. The zero-order chi connectivity index (χ0) is 16.6. The van der Waals surface area contributed by atoms with Crippen LogP contribution < -0.4 is 0 Å². The fourth-order valence-electron chi connectivity index (χ4n) is 1.83. The van der Waals surface area contributed by atoms with Crippen LogP contribution in [-0.2, 0) is 5.60 Å². The molecule has 0 aromatic heterocycles. The topological polar surface area (TPSA) is 44.1 Å². The summed E-state index contributed by atoms with van der Waals surface area (Å²) in [5.41, 5.74) is -1.89. The molecule has 0 radical (unpaired) electrons. The molecule has 0 aliphatic heterocycles. The third-order valence-corrected chi connectivity index (χ3v) is 3.20. The van der Waals surface area contributed by atoms with Crippen LogP contribution in [0.15, 0.2) is 60.7 Å². The van der Waals surface area contributed by atoms with Crippen molar-refractivity contribution in [2.45, 2.75) is 25.1 Å². The zero-order valence-corrected chi connectivity index (χ0v) is 12.1. The molecule has 22 heavy (non-hydrogen) atoms. The third kappa shape index (κ3) is 4.43. The predicted molar refractivity (Wildman–Crippen MR) is 81.0 cm³/mol. The normalized spacial score (nSPS) is 13.5. The number of halogens is 3. The molecule has 0 amide bonds. The lowest BCUT2D eigenvalue weighted by Gasteiger charge is -2.29. The maximum Gasteiger partial charge on any atom is 0.421 e. The standard InChI is InChI=1S/C10H11F3O.C7H7N/c1-2-9(14,10(11,12)13)8-6-4-3-5-7-8;8-6-7-4-2-1-3-5-7/h3-7,14H,2H2,1H3;1-6,8H. The Kier molecular flexibility index (Phi) is 6.31. The van der Waals surface area contributed by atoms with Gasteiger partial charge in [0.1, 0.15) is 0 Å². The summed E-state index contributed by atoms with van der Waals surface area (Å²) in [5.74, 6) is 0. The molecule has 2 nitrogen and oxygen atoms in total.